The molecule has 1 aliphatic rings. The van der Waals surface area contributed by atoms with Gasteiger partial charge < -0.3 is 9.64 Å². The lowest BCUT2D eigenvalue weighted by Gasteiger charge is -2.30. The molecule has 8 heteroatoms. The summed E-state index contributed by atoms with van der Waals surface area (Å²) in [6.45, 7) is 7.42. The monoisotopic (exact) mass is 478 g/mol. The average Bonchev–Trinajstić information content (AvgIpc) is 2.84. The Hall–Kier alpha value is -2.45. The van der Waals surface area contributed by atoms with Crippen LogP contribution >= 0.6 is 0 Å². The number of piperidine rings is 1. The molecule has 2 aromatic rings. The molecule has 0 spiro atoms. The Labute approximate surface area is 197 Å². The van der Waals surface area contributed by atoms with Crippen LogP contribution in [0.3, 0.4) is 0 Å². The summed E-state index contributed by atoms with van der Waals surface area (Å²) in [4.78, 5) is 13.9. The Morgan fingerprint density at radius 3 is 2.39 bits per heavy atom. The van der Waals surface area contributed by atoms with Crippen LogP contribution in [0, 0.1) is 5.82 Å². The lowest BCUT2D eigenvalue weighted by atomic mass is 9.89. The van der Waals surface area contributed by atoms with Gasteiger partial charge in [0.25, 0.3) is 0 Å². The Morgan fingerprint density at radius 2 is 1.82 bits per heavy atom. The van der Waals surface area contributed by atoms with Crippen molar-refractivity contribution in [2.24, 2.45) is 0 Å². The van der Waals surface area contributed by atoms with Crippen LogP contribution in [-0.4, -0.2) is 52.3 Å². The van der Waals surface area contributed by atoms with E-state index in [9.17, 15) is 17.6 Å². The van der Waals surface area contributed by atoms with Crippen molar-refractivity contribution in [1.29, 1.82) is 0 Å². The highest BCUT2D eigenvalue weighted by Gasteiger charge is 2.25. The minimum absolute atomic E-state index is 0.0814. The van der Waals surface area contributed by atoms with Crippen molar-refractivity contribution in [2.75, 3.05) is 37.3 Å². The third-order valence-electron chi connectivity index (χ3n) is 5.84. The molecule has 0 saturated carbocycles. The van der Waals surface area contributed by atoms with Gasteiger partial charge in [0.1, 0.15) is 5.82 Å². The molecule has 0 unspecified atom stereocenters. The Kier molecular flexibility index (Phi) is 9.86. The van der Waals surface area contributed by atoms with E-state index in [1.54, 1.807) is 13.0 Å². The van der Waals surface area contributed by atoms with Gasteiger partial charge in [-0.25, -0.2) is 17.6 Å². The zero-order valence-corrected chi connectivity index (χ0v) is 21.0. The minimum atomic E-state index is -3.65. The first-order valence-corrected chi connectivity index (χ1v) is 13.0. The van der Waals surface area contributed by atoms with Gasteiger partial charge in [0.2, 0.25) is 10.0 Å². The van der Waals surface area contributed by atoms with Crippen LogP contribution in [0.2, 0.25) is 0 Å². The Bertz CT molecular complexity index is 1030. The summed E-state index contributed by atoms with van der Waals surface area (Å²) in [6, 6.07) is 11.5. The molecule has 0 N–H and O–H groups in total. The first-order valence-electron chi connectivity index (χ1n) is 11.4. The quantitative estimate of drug-likeness (QED) is 0.535. The van der Waals surface area contributed by atoms with Crippen molar-refractivity contribution in [3.63, 3.8) is 0 Å². The van der Waals surface area contributed by atoms with E-state index in [1.807, 2.05) is 32.0 Å². The normalized spacial score (nSPS) is 14.8. The first kappa shape index (κ1) is 26.8. The number of methoxy groups -OCH3 is 1. The maximum absolute atomic E-state index is 14.7. The maximum atomic E-state index is 14.7. The fourth-order valence-electron chi connectivity index (χ4n) is 3.86. The molecular weight excluding hydrogens is 443 g/mol. The molecule has 0 amide bonds. The van der Waals surface area contributed by atoms with Gasteiger partial charge >= 0.3 is 5.97 Å². The van der Waals surface area contributed by atoms with E-state index < -0.39 is 21.8 Å². The number of ether oxygens (including phenoxy) is 1. The molecule has 1 fully saturated rings. The molecule has 0 atom stereocenters. The van der Waals surface area contributed by atoms with Crippen LogP contribution in [0.25, 0.3) is 0 Å². The highest BCUT2D eigenvalue weighted by Crippen LogP contribution is 2.31. The number of halogens is 1. The summed E-state index contributed by atoms with van der Waals surface area (Å²) in [5, 5.41) is 0. The van der Waals surface area contributed by atoms with E-state index in [2.05, 4.69) is 16.7 Å². The van der Waals surface area contributed by atoms with Crippen LogP contribution in [0.4, 0.5) is 10.1 Å². The predicted molar refractivity (Wildman–Crippen MR) is 131 cm³/mol. The van der Waals surface area contributed by atoms with Crippen LogP contribution in [0.15, 0.2) is 42.5 Å². The van der Waals surface area contributed by atoms with E-state index in [0.717, 1.165) is 37.6 Å². The maximum Gasteiger partial charge on any atom is 0.337 e. The lowest BCUT2D eigenvalue weighted by Crippen LogP contribution is -2.32. The number of esters is 1. The van der Waals surface area contributed by atoms with Gasteiger partial charge in [0.05, 0.1) is 30.7 Å². The second-order valence-electron chi connectivity index (χ2n) is 7.88. The zero-order valence-electron chi connectivity index (χ0n) is 20.2. The van der Waals surface area contributed by atoms with Crippen molar-refractivity contribution < 1.29 is 22.3 Å². The SMILES string of the molecule is CC.CCS(=O)(=O)N(Cc1ccc(C(=O)OC)cc1F)c1cccc(C2CCN(C)CC2)c1. The fourth-order valence-corrected chi connectivity index (χ4v) is 4.94. The van der Waals surface area contributed by atoms with Gasteiger partial charge in [0.15, 0.2) is 0 Å². The number of benzene rings is 2. The second-order valence-corrected chi connectivity index (χ2v) is 10.1. The Morgan fingerprint density at radius 1 is 1.15 bits per heavy atom. The zero-order chi connectivity index (χ0) is 24.6. The Balaban J connectivity index is 0.00000187. The van der Waals surface area contributed by atoms with Gasteiger partial charge in [-0.15, -0.1) is 0 Å². The summed E-state index contributed by atoms with van der Waals surface area (Å²) in [7, 11) is -0.326. The number of nitrogens with zero attached hydrogens (tertiary/aromatic N) is 2. The molecule has 0 aliphatic carbocycles. The number of hydrogen-bond donors (Lipinski definition) is 0. The second kappa shape index (κ2) is 12.1. The number of sulfonamides is 1. The van der Waals surface area contributed by atoms with E-state index in [0.29, 0.717) is 11.6 Å². The predicted octanol–water partition coefficient (Wildman–Crippen LogP) is 4.80. The lowest BCUT2D eigenvalue weighted by molar-refractivity contribution is 0.0600. The molecule has 33 heavy (non-hydrogen) atoms. The molecule has 0 radical (unpaired) electrons. The van der Waals surface area contributed by atoms with E-state index in [-0.39, 0.29) is 23.4 Å². The molecule has 0 bridgehead atoms. The molecular formula is C25H35FN2O4S. The van der Waals surface area contributed by atoms with Gasteiger partial charge in [-0.1, -0.05) is 32.0 Å². The van der Waals surface area contributed by atoms with Gasteiger partial charge in [0, 0.05) is 5.56 Å². The molecule has 1 aliphatic heterocycles. The third kappa shape index (κ3) is 6.77. The molecule has 2 aromatic carbocycles. The molecule has 6 nitrogen and oxygen atoms in total. The third-order valence-corrected chi connectivity index (χ3v) is 7.58. The summed E-state index contributed by atoms with van der Waals surface area (Å²) in [5.74, 6) is -1.02. The van der Waals surface area contributed by atoms with Crippen molar-refractivity contribution in [2.45, 2.75) is 46.1 Å². The number of carbonyl (C=O) groups excluding carboxylic acids is 1. The number of likely N-dealkylation sites (tertiary alicyclic amines) is 1. The number of rotatable bonds is 7. The highest BCUT2D eigenvalue weighted by molar-refractivity contribution is 7.92. The molecule has 182 valence electrons. The highest BCUT2D eigenvalue weighted by atomic mass is 32.2. The summed E-state index contributed by atoms with van der Waals surface area (Å²) in [5.41, 5.74) is 1.89. The van der Waals surface area contributed by atoms with Crippen LogP contribution in [-0.2, 0) is 21.3 Å². The number of carbonyl (C=O) groups is 1. The summed E-state index contributed by atoms with van der Waals surface area (Å²) < 4.78 is 46.3. The van der Waals surface area contributed by atoms with Crippen LogP contribution < -0.4 is 4.31 Å². The van der Waals surface area contributed by atoms with E-state index >= 15 is 0 Å². The number of hydrogen-bond acceptors (Lipinski definition) is 5. The number of anilines is 1. The molecule has 1 saturated heterocycles. The standard InChI is InChI=1S/C23H29FN2O4S.C2H6/c1-4-31(28,29)26(16-20-9-8-19(15-22(20)24)23(27)30-3)21-7-5-6-18(14-21)17-10-12-25(2)13-11-17;1-2/h5-9,14-15,17H,4,10-13,16H2,1-3H3;1-2H3. The van der Waals surface area contributed by atoms with Crippen molar-refractivity contribution >= 4 is 21.7 Å². The smallest absolute Gasteiger partial charge is 0.337 e. The van der Waals surface area contributed by atoms with Gasteiger partial charge in [-0.05, 0) is 75.6 Å². The van der Waals surface area contributed by atoms with Gasteiger partial charge in [-0.3, -0.25) is 4.31 Å². The molecule has 3 rings (SSSR count). The average molecular weight is 479 g/mol. The van der Waals surface area contributed by atoms with Crippen molar-refractivity contribution in [3.05, 3.63) is 65.0 Å². The van der Waals surface area contributed by atoms with Gasteiger partial charge in [-0.2, -0.15) is 0 Å². The summed E-state index contributed by atoms with van der Waals surface area (Å²) in [6.07, 6.45) is 2.04. The fraction of sp³-hybridized carbons (Fsp3) is 0.480. The van der Waals surface area contributed by atoms with Crippen molar-refractivity contribution in [1.82, 2.24) is 4.90 Å². The van der Waals surface area contributed by atoms with Crippen molar-refractivity contribution in [3.8, 4) is 0 Å². The van der Waals surface area contributed by atoms with E-state index in [4.69, 9.17) is 0 Å². The minimum Gasteiger partial charge on any atom is -0.465 e. The van der Waals surface area contributed by atoms with Crippen LogP contribution in [0.1, 0.15) is 61.0 Å². The van der Waals surface area contributed by atoms with Crippen LogP contribution in [0.5, 0.6) is 0 Å². The molecule has 0 aromatic heterocycles. The topological polar surface area (TPSA) is 66.9 Å². The first-order chi connectivity index (χ1) is 15.7. The largest absolute Gasteiger partial charge is 0.465 e. The summed E-state index contributed by atoms with van der Waals surface area (Å²) >= 11 is 0. The van der Waals surface area contributed by atoms with E-state index in [1.165, 1.54) is 23.5 Å². The molecule has 1 heterocycles.